The fourth-order valence-corrected chi connectivity index (χ4v) is 0.747. The summed E-state index contributed by atoms with van der Waals surface area (Å²) in [6, 6.07) is 3.68. The molecule has 1 aromatic rings. The van der Waals surface area contributed by atoms with Gasteiger partial charge in [-0.05, 0) is 6.07 Å². The molecule has 1 aromatic heterocycles. The van der Waals surface area contributed by atoms with Crippen LogP contribution in [0.5, 0.6) is 0 Å². The summed E-state index contributed by atoms with van der Waals surface area (Å²) in [6.45, 7) is 0.755. The Bertz CT molecular complexity index is 172. The Morgan fingerprint density at radius 3 is 3.00 bits per heavy atom. The highest BCUT2D eigenvalue weighted by molar-refractivity contribution is 5.32. The zero-order valence-electron chi connectivity index (χ0n) is 5.95. The maximum atomic E-state index is 8.55. The van der Waals surface area contributed by atoms with Crippen LogP contribution in [0.25, 0.3) is 0 Å². The lowest BCUT2D eigenvalue weighted by Crippen LogP contribution is -2.20. The van der Waals surface area contributed by atoms with E-state index in [0.29, 0.717) is 6.54 Å². The van der Waals surface area contributed by atoms with Crippen molar-refractivity contribution in [3.63, 3.8) is 0 Å². The molecule has 0 aliphatic carbocycles. The summed E-state index contributed by atoms with van der Waals surface area (Å²) >= 11 is 0. The number of furan rings is 1. The van der Waals surface area contributed by atoms with Crippen molar-refractivity contribution in [1.82, 2.24) is 0 Å². The predicted octanol–water partition coefficient (Wildman–Crippen LogP) is 0.708. The van der Waals surface area contributed by atoms with E-state index in [-0.39, 0.29) is 6.61 Å². The minimum atomic E-state index is 0.150. The van der Waals surface area contributed by atoms with Gasteiger partial charge in [0.1, 0.15) is 0 Å². The maximum Gasteiger partial charge on any atom is 0.195 e. The first-order valence-electron chi connectivity index (χ1n) is 3.20. The molecule has 1 heterocycles. The molecule has 3 heteroatoms. The highest BCUT2D eigenvalue weighted by atomic mass is 16.3. The highest BCUT2D eigenvalue weighted by Crippen LogP contribution is 2.10. The van der Waals surface area contributed by atoms with Gasteiger partial charge in [-0.15, -0.1) is 0 Å². The summed E-state index contributed by atoms with van der Waals surface area (Å²) in [5.74, 6) is 0.786. The summed E-state index contributed by atoms with van der Waals surface area (Å²) in [7, 11) is 1.87. The van der Waals surface area contributed by atoms with Gasteiger partial charge in [0.25, 0.3) is 0 Å². The number of hydrogen-bond acceptors (Lipinski definition) is 3. The largest absolute Gasteiger partial charge is 0.449 e. The molecule has 0 spiro atoms. The summed E-state index contributed by atoms with van der Waals surface area (Å²) in [5, 5.41) is 8.55. The van der Waals surface area contributed by atoms with Crippen molar-refractivity contribution in [2.75, 3.05) is 25.1 Å². The molecule has 0 saturated carbocycles. The van der Waals surface area contributed by atoms with Crippen LogP contribution in [0.2, 0.25) is 0 Å². The third kappa shape index (κ3) is 1.51. The van der Waals surface area contributed by atoms with Gasteiger partial charge in [0.15, 0.2) is 5.88 Å². The van der Waals surface area contributed by atoms with Gasteiger partial charge < -0.3 is 14.4 Å². The van der Waals surface area contributed by atoms with Crippen LogP contribution in [0.3, 0.4) is 0 Å². The van der Waals surface area contributed by atoms with Crippen LogP contribution in [-0.2, 0) is 0 Å². The number of likely N-dealkylation sites (N-methyl/N-ethyl adjacent to an activating group) is 1. The summed E-state index contributed by atoms with van der Waals surface area (Å²) < 4.78 is 5.06. The molecule has 0 fully saturated rings. The number of nitrogens with zero attached hydrogens (tertiary/aromatic N) is 1. The molecule has 56 valence electrons. The molecule has 0 bridgehead atoms. The van der Waals surface area contributed by atoms with Gasteiger partial charge in [0, 0.05) is 19.7 Å². The third-order valence-electron chi connectivity index (χ3n) is 1.32. The Hall–Kier alpha value is -0.960. The molecule has 0 saturated heterocycles. The Kier molecular flexibility index (Phi) is 2.34. The fraction of sp³-hybridized carbons (Fsp3) is 0.429. The molecule has 10 heavy (non-hydrogen) atoms. The van der Waals surface area contributed by atoms with Gasteiger partial charge in [-0.2, -0.15) is 0 Å². The van der Waals surface area contributed by atoms with E-state index in [0.717, 1.165) is 5.88 Å². The van der Waals surface area contributed by atoms with Crippen molar-refractivity contribution >= 4 is 5.88 Å². The predicted molar refractivity (Wildman–Crippen MR) is 39.1 cm³/mol. The SMILES string of the molecule is CN(CCO)c1ccco1. The molecular weight excluding hydrogens is 130 g/mol. The topological polar surface area (TPSA) is 36.6 Å². The van der Waals surface area contributed by atoms with Gasteiger partial charge >= 0.3 is 0 Å². The summed E-state index contributed by atoms with van der Waals surface area (Å²) in [5.41, 5.74) is 0. The van der Waals surface area contributed by atoms with Gasteiger partial charge in [0.2, 0.25) is 0 Å². The first-order valence-corrected chi connectivity index (χ1v) is 3.20. The van der Waals surface area contributed by atoms with E-state index in [1.54, 1.807) is 6.26 Å². The van der Waals surface area contributed by atoms with Crippen molar-refractivity contribution in [1.29, 1.82) is 0 Å². The van der Waals surface area contributed by atoms with Crippen molar-refractivity contribution in [3.05, 3.63) is 18.4 Å². The summed E-state index contributed by atoms with van der Waals surface area (Å²) in [6.07, 6.45) is 1.61. The van der Waals surface area contributed by atoms with Crippen LogP contribution in [0, 0.1) is 0 Å². The van der Waals surface area contributed by atoms with E-state index in [1.165, 1.54) is 0 Å². The van der Waals surface area contributed by atoms with Crippen LogP contribution in [-0.4, -0.2) is 25.3 Å². The lowest BCUT2D eigenvalue weighted by Gasteiger charge is -2.12. The molecule has 0 aliphatic heterocycles. The Morgan fingerprint density at radius 2 is 2.50 bits per heavy atom. The van der Waals surface area contributed by atoms with Crippen LogP contribution in [0.15, 0.2) is 22.8 Å². The van der Waals surface area contributed by atoms with E-state index in [2.05, 4.69) is 0 Å². The highest BCUT2D eigenvalue weighted by Gasteiger charge is 1.99. The minimum Gasteiger partial charge on any atom is -0.449 e. The first kappa shape index (κ1) is 7.15. The first-order chi connectivity index (χ1) is 4.84. The van der Waals surface area contributed by atoms with Gasteiger partial charge in [0.05, 0.1) is 12.9 Å². The van der Waals surface area contributed by atoms with E-state index >= 15 is 0 Å². The molecule has 0 aliphatic rings. The lowest BCUT2D eigenvalue weighted by atomic mass is 10.5. The third-order valence-corrected chi connectivity index (χ3v) is 1.32. The maximum absolute atomic E-state index is 8.55. The molecule has 0 unspecified atom stereocenters. The molecule has 0 aromatic carbocycles. The van der Waals surface area contributed by atoms with Crippen molar-refractivity contribution in [2.45, 2.75) is 0 Å². The van der Waals surface area contributed by atoms with E-state index in [1.807, 2.05) is 24.1 Å². The quantitative estimate of drug-likeness (QED) is 0.673. The number of aliphatic hydroxyl groups excluding tert-OH is 1. The Morgan fingerprint density at radius 1 is 1.70 bits per heavy atom. The number of rotatable bonds is 3. The normalized spacial score (nSPS) is 9.80. The van der Waals surface area contributed by atoms with E-state index in [4.69, 9.17) is 9.52 Å². The van der Waals surface area contributed by atoms with E-state index in [9.17, 15) is 0 Å². The van der Waals surface area contributed by atoms with Crippen molar-refractivity contribution in [3.8, 4) is 0 Å². The molecular formula is C7H11NO2. The minimum absolute atomic E-state index is 0.150. The zero-order valence-corrected chi connectivity index (χ0v) is 5.95. The monoisotopic (exact) mass is 141 g/mol. The van der Waals surface area contributed by atoms with Gasteiger partial charge in [-0.1, -0.05) is 0 Å². The van der Waals surface area contributed by atoms with Crippen molar-refractivity contribution < 1.29 is 9.52 Å². The number of hydrogen-bond donors (Lipinski definition) is 1. The molecule has 3 nitrogen and oxygen atoms in total. The summed E-state index contributed by atoms with van der Waals surface area (Å²) in [4.78, 5) is 1.85. The van der Waals surface area contributed by atoms with Crippen LogP contribution in [0.1, 0.15) is 0 Å². The Labute approximate surface area is 59.9 Å². The standard InChI is InChI=1S/C7H11NO2/c1-8(4-5-9)7-3-2-6-10-7/h2-3,6,9H,4-5H2,1H3. The second kappa shape index (κ2) is 3.27. The average Bonchev–Trinajstić information content (AvgIpc) is 2.38. The smallest absolute Gasteiger partial charge is 0.195 e. The molecule has 0 radical (unpaired) electrons. The zero-order chi connectivity index (χ0) is 7.40. The second-order valence-electron chi connectivity index (χ2n) is 2.10. The van der Waals surface area contributed by atoms with Crippen molar-refractivity contribution in [2.24, 2.45) is 0 Å². The molecule has 0 atom stereocenters. The average molecular weight is 141 g/mol. The van der Waals surface area contributed by atoms with Crippen LogP contribution >= 0.6 is 0 Å². The number of anilines is 1. The van der Waals surface area contributed by atoms with Gasteiger partial charge in [-0.3, -0.25) is 0 Å². The molecule has 1 N–H and O–H groups in total. The lowest BCUT2D eigenvalue weighted by molar-refractivity contribution is 0.302. The fourth-order valence-electron chi connectivity index (χ4n) is 0.747. The van der Waals surface area contributed by atoms with E-state index < -0.39 is 0 Å². The Balaban J connectivity index is 2.50. The second-order valence-corrected chi connectivity index (χ2v) is 2.10. The molecule has 0 amide bonds. The van der Waals surface area contributed by atoms with Crippen LogP contribution < -0.4 is 4.90 Å². The van der Waals surface area contributed by atoms with Crippen LogP contribution in [0.4, 0.5) is 5.88 Å². The van der Waals surface area contributed by atoms with Gasteiger partial charge in [-0.25, -0.2) is 0 Å². The number of aliphatic hydroxyl groups is 1. The molecule has 1 rings (SSSR count).